The van der Waals surface area contributed by atoms with E-state index in [0.717, 1.165) is 10.9 Å². The molecule has 0 aliphatic rings. The average molecular weight is 211 g/mol. The van der Waals surface area contributed by atoms with E-state index in [4.69, 9.17) is 10.2 Å². The van der Waals surface area contributed by atoms with Gasteiger partial charge in [-0.2, -0.15) is 0 Å². The van der Waals surface area contributed by atoms with Crippen LogP contribution in [-0.2, 0) is 6.54 Å². The molecule has 2 heterocycles. The Hall–Kier alpha value is -0.710. The summed E-state index contributed by atoms with van der Waals surface area (Å²) in [6, 6.07) is 7.96. The van der Waals surface area contributed by atoms with Gasteiger partial charge in [0.05, 0.1) is 10.8 Å². The molecule has 0 spiro atoms. The maximum atomic E-state index is 5.45. The molecule has 0 fully saturated rings. The van der Waals surface area contributed by atoms with Gasteiger partial charge in [-0.15, -0.1) is 11.3 Å². The first kappa shape index (κ1) is 8.87. The van der Waals surface area contributed by atoms with Crippen LogP contribution in [0.25, 0.3) is 0 Å². The Balaban J connectivity index is 2.10. The van der Waals surface area contributed by atoms with E-state index in [1.54, 1.807) is 23.1 Å². The summed E-state index contributed by atoms with van der Waals surface area (Å²) in [7, 11) is 0. The van der Waals surface area contributed by atoms with E-state index < -0.39 is 0 Å². The molecule has 2 rings (SSSR count). The van der Waals surface area contributed by atoms with Crippen LogP contribution in [0, 0.1) is 0 Å². The minimum atomic E-state index is 0.463. The van der Waals surface area contributed by atoms with E-state index >= 15 is 0 Å². The van der Waals surface area contributed by atoms with Gasteiger partial charge in [0.15, 0.2) is 5.09 Å². The second-order valence-electron chi connectivity index (χ2n) is 2.46. The van der Waals surface area contributed by atoms with Gasteiger partial charge in [-0.05, 0) is 35.3 Å². The molecule has 0 saturated heterocycles. The fourth-order valence-corrected chi connectivity index (χ4v) is 2.63. The summed E-state index contributed by atoms with van der Waals surface area (Å²) in [4.78, 5) is 0. The zero-order valence-electron chi connectivity index (χ0n) is 6.90. The number of hydrogen-bond acceptors (Lipinski definition) is 4. The third-order valence-electron chi connectivity index (χ3n) is 1.53. The van der Waals surface area contributed by atoms with E-state index in [1.807, 2.05) is 18.2 Å². The number of hydrogen-bond donors (Lipinski definition) is 1. The lowest BCUT2D eigenvalue weighted by molar-refractivity contribution is 0.433. The quantitative estimate of drug-likeness (QED) is 0.848. The largest absolute Gasteiger partial charge is 0.453 e. The number of thiophene rings is 1. The molecule has 0 aliphatic carbocycles. The summed E-state index contributed by atoms with van der Waals surface area (Å²) in [6.45, 7) is 0.463. The van der Waals surface area contributed by atoms with Crippen molar-refractivity contribution in [3.63, 3.8) is 0 Å². The molecule has 2 N–H and O–H groups in total. The van der Waals surface area contributed by atoms with Gasteiger partial charge in [0.1, 0.15) is 5.76 Å². The average Bonchev–Trinajstić information content (AvgIpc) is 2.76. The summed E-state index contributed by atoms with van der Waals surface area (Å²) in [5.41, 5.74) is 5.44. The van der Waals surface area contributed by atoms with Crippen molar-refractivity contribution in [2.75, 3.05) is 0 Å². The van der Waals surface area contributed by atoms with Crippen LogP contribution in [0.1, 0.15) is 5.76 Å². The molecule has 0 aromatic carbocycles. The van der Waals surface area contributed by atoms with Gasteiger partial charge >= 0.3 is 0 Å². The van der Waals surface area contributed by atoms with Crippen LogP contribution < -0.4 is 5.73 Å². The van der Waals surface area contributed by atoms with E-state index in [2.05, 4.69) is 11.4 Å². The fraction of sp³-hybridized carbons (Fsp3) is 0.111. The lowest BCUT2D eigenvalue weighted by Crippen LogP contribution is -1.92. The number of furan rings is 1. The minimum Gasteiger partial charge on any atom is -0.453 e. The van der Waals surface area contributed by atoms with Gasteiger partial charge in [-0.3, -0.25) is 0 Å². The van der Waals surface area contributed by atoms with Gasteiger partial charge in [-0.25, -0.2) is 0 Å². The maximum absolute atomic E-state index is 5.45. The van der Waals surface area contributed by atoms with Crippen molar-refractivity contribution in [1.29, 1.82) is 0 Å². The van der Waals surface area contributed by atoms with Crippen molar-refractivity contribution in [3.05, 3.63) is 35.4 Å². The predicted molar refractivity (Wildman–Crippen MR) is 55.0 cm³/mol. The van der Waals surface area contributed by atoms with Crippen LogP contribution in [-0.4, -0.2) is 0 Å². The van der Waals surface area contributed by atoms with Crippen LogP contribution in [0.3, 0.4) is 0 Å². The van der Waals surface area contributed by atoms with Crippen LogP contribution in [0.5, 0.6) is 0 Å². The fourth-order valence-electron chi connectivity index (χ4n) is 0.943. The standard InChI is InChI=1S/C9H9NOS2/c10-6-7-3-4-8(11-7)13-9-2-1-5-12-9/h1-5H,6,10H2. The lowest BCUT2D eigenvalue weighted by atomic mass is 10.5. The van der Waals surface area contributed by atoms with Crippen molar-refractivity contribution < 1.29 is 4.42 Å². The summed E-state index contributed by atoms with van der Waals surface area (Å²) in [6.07, 6.45) is 0. The third-order valence-corrected chi connectivity index (χ3v) is 3.49. The molecule has 4 heteroatoms. The Labute approximate surface area is 84.8 Å². The third kappa shape index (κ3) is 2.15. The topological polar surface area (TPSA) is 39.2 Å². The summed E-state index contributed by atoms with van der Waals surface area (Å²) in [5.74, 6) is 0.832. The highest BCUT2D eigenvalue weighted by atomic mass is 32.2. The zero-order chi connectivity index (χ0) is 9.10. The summed E-state index contributed by atoms with van der Waals surface area (Å²) < 4.78 is 6.68. The second kappa shape index (κ2) is 4.00. The maximum Gasteiger partial charge on any atom is 0.166 e. The highest BCUT2D eigenvalue weighted by Crippen LogP contribution is 2.32. The van der Waals surface area contributed by atoms with Crippen molar-refractivity contribution >= 4 is 23.1 Å². The Morgan fingerprint density at radius 2 is 2.31 bits per heavy atom. The van der Waals surface area contributed by atoms with E-state index in [1.165, 1.54) is 4.21 Å². The van der Waals surface area contributed by atoms with Crippen molar-refractivity contribution in [2.45, 2.75) is 15.8 Å². The monoisotopic (exact) mass is 211 g/mol. The van der Waals surface area contributed by atoms with Crippen molar-refractivity contribution in [3.8, 4) is 0 Å². The zero-order valence-corrected chi connectivity index (χ0v) is 8.53. The highest BCUT2D eigenvalue weighted by molar-refractivity contribution is 8.01. The molecule has 13 heavy (non-hydrogen) atoms. The SMILES string of the molecule is NCc1ccc(Sc2cccs2)o1. The first-order valence-corrected chi connectivity index (χ1v) is 5.58. The van der Waals surface area contributed by atoms with Gasteiger partial charge in [0, 0.05) is 0 Å². The van der Waals surface area contributed by atoms with Gasteiger partial charge in [-0.1, -0.05) is 6.07 Å². The van der Waals surface area contributed by atoms with E-state index in [9.17, 15) is 0 Å². The molecular formula is C9H9NOS2. The Kier molecular flexibility index (Phi) is 2.73. The van der Waals surface area contributed by atoms with Gasteiger partial charge in [0.25, 0.3) is 0 Å². The molecule has 2 aromatic heterocycles. The van der Waals surface area contributed by atoms with Gasteiger partial charge < -0.3 is 10.2 Å². The van der Waals surface area contributed by atoms with Crippen LogP contribution in [0.15, 0.2) is 43.4 Å². The normalized spacial score (nSPS) is 10.5. The van der Waals surface area contributed by atoms with Crippen molar-refractivity contribution in [1.82, 2.24) is 0 Å². The molecular weight excluding hydrogens is 202 g/mol. The molecule has 2 aromatic rings. The molecule has 0 saturated carbocycles. The Morgan fingerprint density at radius 1 is 1.38 bits per heavy atom. The first-order valence-electron chi connectivity index (χ1n) is 3.88. The minimum absolute atomic E-state index is 0.463. The highest BCUT2D eigenvalue weighted by Gasteiger charge is 2.02. The van der Waals surface area contributed by atoms with E-state index in [0.29, 0.717) is 6.54 Å². The molecule has 0 radical (unpaired) electrons. The molecule has 2 nitrogen and oxygen atoms in total. The van der Waals surface area contributed by atoms with Gasteiger partial charge in [0.2, 0.25) is 0 Å². The van der Waals surface area contributed by atoms with Crippen LogP contribution in [0.4, 0.5) is 0 Å². The molecule has 0 unspecified atom stereocenters. The number of nitrogens with two attached hydrogens (primary N) is 1. The molecule has 0 amide bonds. The van der Waals surface area contributed by atoms with Crippen LogP contribution in [0.2, 0.25) is 0 Å². The first-order chi connectivity index (χ1) is 6.38. The van der Waals surface area contributed by atoms with Crippen molar-refractivity contribution in [2.24, 2.45) is 5.73 Å². The molecule has 0 aliphatic heterocycles. The smallest absolute Gasteiger partial charge is 0.166 e. The van der Waals surface area contributed by atoms with Crippen LogP contribution >= 0.6 is 23.1 Å². The molecule has 0 bridgehead atoms. The Bertz CT molecular complexity index is 367. The molecule has 0 atom stereocenters. The molecule has 68 valence electrons. The predicted octanol–water partition coefficient (Wildman–Crippen LogP) is 2.95. The summed E-state index contributed by atoms with van der Waals surface area (Å²) in [5, 5.41) is 2.96. The summed E-state index contributed by atoms with van der Waals surface area (Å²) >= 11 is 3.33. The lowest BCUT2D eigenvalue weighted by Gasteiger charge is -1.91. The number of rotatable bonds is 3. The Morgan fingerprint density at radius 3 is 2.92 bits per heavy atom. The van der Waals surface area contributed by atoms with E-state index in [-0.39, 0.29) is 0 Å². The second-order valence-corrected chi connectivity index (χ2v) is 4.71.